The van der Waals surface area contributed by atoms with Gasteiger partial charge in [0.2, 0.25) is 11.2 Å². The van der Waals surface area contributed by atoms with E-state index in [4.69, 9.17) is 23.7 Å². The highest BCUT2D eigenvalue weighted by atomic mass is 16.5. The van der Waals surface area contributed by atoms with Gasteiger partial charge in [0.25, 0.3) is 5.91 Å². The zero-order chi connectivity index (χ0) is 22.5. The van der Waals surface area contributed by atoms with Gasteiger partial charge in [-0.05, 0) is 38.1 Å². The summed E-state index contributed by atoms with van der Waals surface area (Å²) in [6, 6.07) is 10.4. The van der Waals surface area contributed by atoms with Crippen LogP contribution < -0.4 is 25.0 Å². The van der Waals surface area contributed by atoms with E-state index in [-0.39, 0.29) is 40.3 Å². The standard InChI is InChI=1S/C22H21NO8/c1-12(22(26)27)23-19(24)11-29-14-8-9-15-18(10-14)30-13(2)21(20(15)25)31-17-7-5-4-6-16(17)28-3/h4-10,12H,11H2,1-3H3,(H,23,24)(H,26,27)/t12-/m1/s1. The molecule has 0 aliphatic carbocycles. The number of hydrogen-bond acceptors (Lipinski definition) is 7. The number of fused-ring (bicyclic) bond motifs is 1. The molecule has 162 valence electrons. The number of aliphatic carboxylic acids is 1. The van der Waals surface area contributed by atoms with E-state index in [0.717, 1.165) is 0 Å². The zero-order valence-electron chi connectivity index (χ0n) is 17.1. The van der Waals surface area contributed by atoms with Crippen LogP contribution in [0, 0.1) is 6.92 Å². The zero-order valence-corrected chi connectivity index (χ0v) is 17.1. The lowest BCUT2D eigenvalue weighted by Crippen LogP contribution is -2.40. The molecular formula is C22H21NO8. The third-order valence-corrected chi connectivity index (χ3v) is 4.39. The molecule has 9 heteroatoms. The van der Waals surface area contributed by atoms with Crippen LogP contribution in [-0.4, -0.2) is 36.7 Å². The molecular weight excluding hydrogens is 406 g/mol. The van der Waals surface area contributed by atoms with E-state index in [1.807, 2.05) is 0 Å². The number of benzene rings is 2. The molecule has 0 aliphatic rings. The maximum absolute atomic E-state index is 12.9. The first kappa shape index (κ1) is 21.7. The van der Waals surface area contributed by atoms with Crippen LogP contribution in [0.25, 0.3) is 11.0 Å². The molecule has 1 amide bonds. The second-order valence-electron chi connectivity index (χ2n) is 6.64. The quantitative estimate of drug-likeness (QED) is 0.562. The number of carbonyl (C=O) groups is 2. The van der Waals surface area contributed by atoms with Crippen LogP contribution >= 0.6 is 0 Å². The summed E-state index contributed by atoms with van der Waals surface area (Å²) >= 11 is 0. The molecule has 1 atom stereocenters. The molecule has 3 rings (SSSR count). The molecule has 1 aromatic heterocycles. The number of aryl methyl sites for hydroxylation is 1. The SMILES string of the molecule is COc1ccccc1Oc1c(C)oc2cc(OCC(=O)N[C@H](C)C(=O)O)ccc2c1=O. The molecule has 0 saturated carbocycles. The Hall–Kier alpha value is -4.01. The average molecular weight is 427 g/mol. The number of carboxylic acids is 1. The number of rotatable bonds is 8. The highest BCUT2D eigenvalue weighted by Gasteiger charge is 2.17. The Balaban J connectivity index is 1.82. The fourth-order valence-corrected chi connectivity index (χ4v) is 2.78. The number of methoxy groups -OCH3 is 1. The first-order valence-corrected chi connectivity index (χ1v) is 9.33. The van der Waals surface area contributed by atoms with Crippen LogP contribution in [0.4, 0.5) is 0 Å². The van der Waals surface area contributed by atoms with Crippen molar-refractivity contribution < 1.29 is 33.3 Å². The maximum Gasteiger partial charge on any atom is 0.325 e. The third-order valence-electron chi connectivity index (χ3n) is 4.39. The molecule has 9 nitrogen and oxygen atoms in total. The van der Waals surface area contributed by atoms with Gasteiger partial charge in [0.05, 0.1) is 12.5 Å². The smallest absolute Gasteiger partial charge is 0.325 e. The Morgan fingerprint density at radius 2 is 1.87 bits per heavy atom. The summed E-state index contributed by atoms with van der Waals surface area (Å²) in [5, 5.41) is 11.4. The van der Waals surface area contributed by atoms with Crippen molar-refractivity contribution in [1.29, 1.82) is 0 Å². The van der Waals surface area contributed by atoms with Gasteiger partial charge >= 0.3 is 5.97 Å². The Kier molecular flexibility index (Phi) is 6.44. The lowest BCUT2D eigenvalue weighted by atomic mass is 10.2. The van der Waals surface area contributed by atoms with Crippen molar-refractivity contribution in [1.82, 2.24) is 5.32 Å². The molecule has 0 aliphatic heterocycles. The molecule has 2 N–H and O–H groups in total. The lowest BCUT2D eigenvalue weighted by molar-refractivity contribution is -0.141. The normalized spacial score (nSPS) is 11.6. The predicted octanol–water partition coefficient (Wildman–Crippen LogP) is 2.87. The topological polar surface area (TPSA) is 124 Å². The van der Waals surface area contributed by atoms with Crippen LogP contribution in [0.1, 0.15) is 12.7 Å². The Morgan fingerprint density at radius 1 is 1.16 bits per heavy atom. The van der Waals surface area contributed by atoms with Gasteiger partial charge in [-0.1, -0.05) is 12.1 Å². The second kappa shape index (κ2) is 9.21. The van der Waals surface area contributed by atoms with Crippen molar-refractivity contribution in [3.05, 3.63) is 58.4 Å². The number of nitrogens with one attached hydrogen (secondary N) is 1. The van der Waals surface area contributed by atoms with Gasteiger partial charge in [-0.25, -0.2) is 0 Å². The predicted molar refractivity (Wildman–Crippen MR) is 111 cm³/mol. The number of carboxylic acid groups (broad SMARTS) is 1. The second-order valence-corrected chi connectivity index (χ2v) is 6.64. The Morgan fingerprint density at radius 3 is 2.55 bits per heavy atom. The molecule has 1 heterocycles. The Bertz CT molecular complexity index is 1180. The van der Waals surface area contributed by atoms with Crippen LogP contribution in [0.3, 0.4) is 0 Å². The van der Waals surface area contributed by atoms with Crippen molar-refractivity contribution in [2.24, 2.45) is 0 Å². The van der Waals surface area contributed by atoms with Crippen LogP contribution in [-0.2, 0) is 9.59 Å². The van der Waals surface area contributed by atoms with Gasteiger partial charge in [0.15, 0.2) is 18.1 Å². The molecule has 0 spiro atoms. The van der Waals surface area contributed by atoms with Gasteiger partial charge in [-0.2, -0.15) is 0 Å². The number of amides is 1. The van der Waals surface area contributed by atoms with Crippen molar-refractivity contribution in [3.63, 3.8) is 0 Å². The van der Waals surface area contributed by atoms with Crippen molar-refractivity contribution >= 4 is 22.8 Å². The van der Waals surface area contributed by atoms with Crippen molar-refractivity contribution in [2.45, 2.75) is 19.9 Å². The number of hydrogen-bond donors (Lipinski definition) is 2. The first-order chi connectivity index (χ1) is 14.8. The summed E-state index contributed by atoms with van der Waals surface area (Å²) in [6.45, 7) is 2.56. The molecule has 31 heavy (non-hydrogen) atoms. The van der Waals surface area contributed by atoms with Gasteiger partial charge in [-0.3, -0.25) is 14.4 Å². The fourth-order valence-electron chi connectivity index (χ4n) is 2.78. The fraction of sp³-hybridized carbons (Fsp3) is 0.227. The summed E-state index contributed by atoms with van der Waals surface area (Å²) in [5.74, 6) is -0.314. The van der Waals surface area contributed by atoms with Gasteiger partial charge < -0.3 is 29.1 Å². The lowest BCUT2D eigenvalue weighted by Gasteiger charge is -2.12. The number of carbonyl (C=O) groups excluding carboxylic acids is 1. The van der Waals surface area contributed by atoms with Crippen LogP contribution in [0.5, 0.6) is 23.0 Å². The van der Waals surface area contributed by atoms with Crippen molar-refractivity contribution in [2.75, 3.05) is 13.7 Å². The van der Waals surface area contributed by atoms with Crippen LogP contribution in [0.2, 0.25) is 0 Å². The van der Waals surface area contributed by atoms with E-state index >= 15 is 0 Å². The minimum Gasteiger partial charge on any atom is -0.493 e. The number of ether oxygens (including phenoxy) is 3. The molecule has 0 bridgehead atoms. The highest BCUT2D eigenvalue weighted by molar-refractivity contribution is 5.84. The first-order valence-electron chi connectivity index (χ1n) is 9.33. The van der Waals surface area contributed by atoms with Crippen molar-refractivity contribution in [3.8, 4) is 23.0 Å². The highest BCUT2D eigenvalue weighted by Crippen LogP contribution is 2.32. The largest absolute Gasteiger partial charge is 0.493 e. The van der Waals surface area contributed by atoms with E-state index in [1.165, 1.54) is 32.2 Å². The summed E-state index contributed by atoms with van der Waals surface area (Å²) in [4.78, 5) is 35.5. The van der Waals surface area contributed by atoms with E-state index in [9.17, 15) is 14.4 Å². The van der Waals surface area contributed by atoms with E-state index in [1.54, 1.807) is 31.2 Å². The van der Waals surface area contributed by atoms with Gasteiger partial charge in [0, 0.05) is 6.07 Å². The summed E-state index contributed by atoms with van der Waals surface area (Å²) in [5.41, 5.74) is -0.115. The summed E-state index contributed by atoms with van der Waals surface area (Å²) in [6.07, 6.45) is 0. The van der Waals surface area contributed by atoms with Gasteiger partial charge in [-0.15, -0.1) is 0 Å². The molecule has 0 unspecified atom stereocenters. The molecule has 0 saturated heterocycles. The number of para-hydroxylation sites is 2. The summed E-state index contributed by atoms with van der Waals surface area (Å²) < 4.78 is 22.1. The monoisotopic (exact) mass is 427 g/mol. The van der Waals surface area contributed by atoms with E-state index in [0.29, 0.717) is 11.5 Å². The average Bonchev–Trinajstić information content (AvgIpc) is 2.75. The van der Waals surface area contributed by atoms with Crippen LogP contribution in [0.15, 0.2) is 51.7 Å². The van der Waals surface area contributed by atoms with E-state index in [2.05, 4.69) is 5.32 Å². The molecule has 0 fully saturated rings. The maximum atomic E-state index is 12.9. The molecule has 2 aromatic carbocycles. The Labute approximate surface area is 177 Å². The summed E-state index contributed by atoms with van der Waals surface area (Å²) in [7, 11) is 1.50. The minimum atomic E-state index is -1.15. The van der Waals surface area contributed by atoms with E-state index < -0.39 is 17.9 Å². The minimum absolute atomic E-state index is 0.0349. The third kappa shape index (κ3) is 4.95. The van der Waals surface area contributed by atoms with Gasteiger partial charge in [0.1, 0.15) is 23.1 Å². The molecule has 0 radical (unpaired) electrons. The molecule has 3 aromatic rings.